The first kappa shape index (κ1) is 8.32. The van der Waals surface area contributed by atoms with Crippen molar-refractivity contribution in [2.24, 2.45) is 0 Å². The van der Waals surface area contributed by atoms with Gasteiger partial charge in [-0.25, -0.2) is 0 Å². The van der Waals surface area contributed by atoms with E-state index >= 15 is 0 Å². The van der Waals surface area contributed by atoms with Gasteiger partial charge in [-0.05, 0) is 18.1 Å². The highest BCUT2D eigenvalue weighted by atomic mass is 16.6. The molecular weight excluding hydrogens is 177 g/mol. The second-order valence-electron chi connectivity index (χ2n) is 3.72. The van der Waals surface area contributed by atoms with Crippen LogP contribution in [0.3, 0.4) is 0 Å². The second kappa shape index (κ2) is 3.30. The van der Waals surface area contributed by atoms with Crippen LogP contribution in [0.15, 0.2) is 24.3 Å². The van der Waals surface area contributed by atoms with E-state index in [1.807, 2.05) is 6.07 Å². The van der Waals surface area contributed by atoms with Gasteiger partial charge in [0.1, 0.15) is 0 Å². The van der Waals surface area contributed by atoms with Crippen molar-refractivity contribution >= 4 is 12.8 Å². The molecule has 1 aromatic rings. The summed E-state index contributed by atoms with van der Waals surface area (Å²) in [6.45, 7) is 1.44. The molecule has 0 aromatic heterocycles. The van der Waals surface area contributed by atoms with E-state index in [0.29, 0.717) is 0 Å². The molecule has 0 amide bonds. The van der Waals surface area contributed by atoms with E-state index in [9.17, 15) is 0 Å². The minimum Gasteiger partial charge on any atom is -0.407 e. The molecule has 1 fully saturated rings. The van der Waals surface area contributed by atoms with Gasteiger partial charge in [0.2, 0.25) is 0 Å². The van der Waals surface area contributed by atoms with Crippen LogP contribution in [0.2, 0.25) is 0 Å². The molecule has 1 atom stereocenters. The van der Waals surface area contributed by atoms with Crippen molar-refractivity contribution in [1.29, 1.82) is 0 Å². The van der Waals surface area contributed by atoms with Gasteiger partial charge >= 0.3 is 7.12 Å². The minimum absolute atomic E-state index is 0.0672. The van der Waals surface area contributed by atoms with Crippen LogP contribution in [-0.4, -0.2) is 26.3 Å². The normalized spacial score (nSPS) is 24.9. The van der Waals surface area contributed by atoms with Crippen molar-refractivity contribution in [3.05, 3.63) is 29.8 Å². The average Bonchev–Trinajstić information content (AvgIpc) is 2.86. The fourth-order valence-electron chi connectivity index (χ4n) is 2.10. The number of hydrogen-bond donors (Lipinski definition) is 1. The zero-order valence-corrected chi connectivity index (χ0v) is 7.90. The maximum absolute atomic E-state index is 5.48. The van der Waals surface area contributed by atoms with Gasteiger partial charge in [-0.15, -0.1) is 0 Å². The number of rotatable bonds is 1. The number of para-hydroxylation sites is 1. The second-order valence-corrected chi connectivity index (χ2v) is 3.72. The quantitative estimate of drug-likeness (QED) is 0.671. The maximum atomic E-state index is 5.48. The average molecular weight is 189 g/mol. The summed E-state index contributed by atoms with van der Waals surface area (Å²) in [4.78, 5) is 0. The first-order chi connectivity index (χ1) is 6.93. The van der Waals surface area contributed by atoms with Crippen LogP contribution in [0, 0.1) is 0 Å². The van der Waals surface area contributed by atoms with Crippen LogP contribution in [0.5, 0.6) is 0 Å². The van der Waals surface area contributed by atoms with Crippen molar-refractivity contribution in [3.8, 4) is 0 Å². The summed E-state index contributed by atoms with van der Waals surface area (Å²) in [5.41, 5.74) is 2.58. The molecule has 0 spiro atoms. The van der Waals surface area contributed by atoms with Crippen LogP contribution in [0.1, 0.15) is 5.56 Å². The van der Waals surface area contributed by atoms with Crippen LogP contribution in [-0.2, 0) is 15.7 Å². The standard InChI is InChI=1S/C10H12BNO2/c1-2-4-9-8(3-1)7-10(12-9)11-13-5-6-14-11/h1-4,10,12H,5-7H2. The predicted octanol–water partition coefficient (Wildman–Crippen LogP) is 1.10. The molecule has 2 aliphatic heterocycles. The van der Waals surface area contributed by atoms with E-state index in [4.69, 9.17) is 9.31 Å². The highest BCUT2D eigenvalue weighted by Gasteiger charge is 2.37. The smallest absolute Gasteiger partial charge is 0.407 e. The van der Waals surface area contributed by atoms with Crippen molar-refractivity contribution < 1.29 is 9.31 Å². The summed E-state index contributed by atoms with van der Waals surface area (Å²) in [7, 11) is -0.0672. The third-order valence-corrected chi connectivity index (χ3v) is 2.77. The van der Waals surface area contributed by atoms with E-state index < -0.39 is 0 Å². The molecule has 0 aliphatic carbocycles. The van der Waals surface area contributed by atoms with Gasteiger partial charge in [-0.1, -0.05) is 18.2 Å². The molecular formula is C10H12BNO2. The molecule has 14 heavy (non-hydrogen) atoms. The minimum atomic E-state index is -0.0672. The Labute approximate surface area is 83.5 Å². The third kappa shape index (κ3) is 1.31. The Balaban J connectivity index is 1.77. The zero-order valence-electron chi connectivity index (χ0n) is 7.90. The Hall–Kier alpha value is -0.995. The molecule has 1 unspecified atom stereocenters. The molecule has 1 aromatic carbocycles. The predicted molar refractivity (Wildman–Crippen MR) is 55.2 cm³/mol. The lowest BCUT2D eigenvalue weighted by atomic mass is 9.77. The zero-order chi connectivity index (χ0) is 9.38. The fraction of sp³-hybridized carbons (Fsp3) is 0.400. The monoisotopic (exact) mass is 189 g/mol. The van der Waals surface area contributed by atoms with Crippen LogP contribution < -0.4 is 5.32 Å². The van der Waals surface area contributed by atoms with Gasteiger partial charge in [0, 0.05) is 5.69 Å². The maximum Gasteiger partial charge on any atom is 0.481 e. The van der Waals surface area contributed by atoms with E-state index in [2.05, 4.69) is 23.5 Å². The van der Waals surface area contributed by atoms with E-state index in [-0.39, 0.29) is 13.1 Å². The lowest BCUT2D eigenvalue weighted by molar-refractivity contribution is 0.364. The van der Waals surface area contributed by atoms with Crippen LogP contribution in [0.25, 0.3) is 0 Å². The summed E-state index contributed by atoms with van der Waals surface area (Å²) in [6, 6.07) is 8.37. The molecule has 1 N–H and O–H groups in total. The van der Waals surface area contributed by atoms with Gasteiger partial charge in [0.15, 0.2) is 0 Å². The van der Waals surface area contributed by atoms with E-state index in [1.54, 1.807) is 0 Å². The lowest BCUT2D eigenvalue weighted by Crippen LogP contribution is -2.37. The highest BCUT2D eigenvalue weighted by Crippen LogP contribution is 2.27. The molecule has 72 valence electrons. The van der Waals surface area contributed by atoms with E-state index in [1.165, 1.54) is 11.3 Å². The number of nitrogens with one attached hydrogen (secondary N) is 1. The van der Waals surface area contributed by atoms with Gasteiger partial charge in [0.25, 0.3) is 0 Å². The van der Waals surface area contributed by atoms with Gasteiger partial charge in [-0.2, -0.15) is 0 Å². The van der Waals surface area contributed by atoms with Gasteiger partial charge in [0.05, 0.1) is 19.2 Å². The molecule has 3 nitrogen and oxygen atoms in total. The molecule has 2 aliphatic rings. The molecule has 4 heteroatoms. The third-order valence-electron chi connectivity index (χ3n) is 2.77. The van der Waals surface area contributed by atoms with Crippen molar-refractivity contribution in [3.63, 3.8) is 0 Å². The van der Waals surface area contributed by atoms with Crippen molar-refractivity contribution in [2.75, 3.05) is 18.5 Å². The Morgan fingerprint density at radius 2 is 2.00 bits per heavy atom. The molecule has 0 saturated carbocycles. The highest BCUT2D eigenvalue weighted by molar-refractivity contribution is 6.48. The van der Waals surface area contributed by atoms with Crippen molar-refractivity contribution in [2.45, 2.75) is 12.4 Å². The molecule has 0 bridgehead atoms. The number of fused-ring (bicyclic) bond motifs is 1. The summed E-state index contributed by atoms with van der Waals surface area (Å²) in [6.07, 6.45) is 1.00. The van der Waals surface area contributed by atoms with E-state index in [0.717, 1.165) is 19.6 Å². The largest absolute Gasteiger partial charge is 0.481 e. The Kier molecular flexibility index (Phi) is 1.96. The molecule has 2 heterocycles. The van der Waals surface area contributed by atoms with Crippen LogP contribution in [0.4, 0.5) is 5.69 Å². The topological polar surface area (TPSA) is 30.5 Å². The Morgan fingerprint density at radius 1 is 1.21 bits per heavy atom. The summed E-state index contributed by atoms with van der Waals surface area (Å²) >= 11 is 0. The van der Waals surface area contributed by atoms with Gasteiger partial charge in [-0.3, -0.25) is 0 Å². The SMILES string of the molecule is c1ccc2c(c1)CC(B1OCCO1)N2. The number of anilines is 1. The molecule has 3 rings (SSSR count). The summed E-state index contributed by atoms with van der Waals surface area (Å²) < 4.78 is 11.0. The first-order valence-electron chi connectivity index (χ1n) is 5.01. The summed E-state index contributed by atoms with van der Waals surface area (Å²) in [5.74, 6) is 0.287. The number of hydrogen-bond acceptors (Lipinski definition) is 3. The first-order valence-corrected chi connectivity index (χ1v) is 5.01. The summed E-state index contributed by atoms with van der Waals surface area (Å²) in [5, 5.41) is 3.43. The lowest BCUT2D eigenvalue weighted by Gasteiger charge is -2.12. The van der Waals surface area contributed by atoms with Crippen molar-refractivity contribution in [1.82, 2.24) is 0 Å². The molecule has 1 saturated heterocycles. The van der Waals surface area contributed by atoms with Gasteiger partial charge < -0.3 is 14.6 Å². The van der Waals surface area contributed by atoms with Crippen LogP contribution >= 0.6 is 0 Å². The Bertz CT molecular complexity index is 314. The number of benzene rings is 1. The molecule has 0 radical (unpaired) electrons. The fourth-order valence-corrected chi connectivity index (χ4v) is 2.10. The Morgan fingerprint density at radius 3 is 2.79 bits per heavy atom.